The number of nitrogens with one attached hydrogen (secondary N) is 1. The molecule has 8 heteroatoms. The second kappa shape index (κ2) is 7.93. The fraction of sp³-hybridized carbons (Fsp3) is 0.364. The molecule has 30 heavy (non-hydrogen) atoms. The standard InChI is InChI=1S/C22H22F2N6/c23-20(24)10-14-3-5-17(6-4-14)28-22-27-13-19-18(7-9-30(19)29-22)16-11-15-2-1-8-25-21(15)26-12-16/h1-2,7-9,11-14,17,20H,3-6,10H2,(H,28,29). The molecule has 0 bridgehead atoms. The van der Waals surface area contributed by atoms with Gasteiger partial charge in [0.2, 0.25) is 12.4 Å². The third-order valence-corrected chi connectivity index (χ3v) is 5.87. The Kier molecular flexibility index (Phi) is 4.98. The molecule has 0 spiro atoms. The maximum Gasteiger partial charge on any atom is 0.241 e. The molecule has 6 nitrogen and oxygen atoms in total. The molecule has 5 rings (SSSR count). The first-order chi connectivity index (χ1) is 14.7. The number of pyridine rings is 2. The van der Waals surface area contributed by atoms with E-state index in [1.165, 1.54) is 0 Å². The lowest BCUT2D eigenvalue weighted by atomic mass is 9.84. The summed E-state index contributed by atoms with van der Waals surface area (Å²) in [6.45, 7) is 0. The van der Waals surface area contributed by atoms with Gasteiger partial charge in [-0.25, -0.2) is 28.2 Å². The van der Waals surface area contributed by atoms with E-state index in [1.807, 2.05) is 30.6 Å². The van der Waals surface area contributed by atoms with Crippen LogP contribution in [0.25, 0.3) is 27.7 Å². The van der Waals surface area contributed by atoms with Gasteiger partial charge < -0.3 is 5.32 Å². The number of halogens is 2. The zero-order valence-corrected chi connectivity index (χ0v) is 16.4. The van der Waals surface area contributed by atoms with E-state index in [0.29, 0.717) is 5.95 Å². The molecule has 0 radical (unpaired) electrons. The third kappa shape index (κ3) is 3.81. The van der Waals surface area contributed by atoms with Crippen molar-refractivity contribution in [3.8, 4) is 11.1 Å². The van der Waals surface area contributed by atoms with Crippen molar-refractivity contribution in [2.45, 2.75) is 44.6 Å². The highest BCUT2D eigenvalue weighted by atomic mass is 19.3. The van der Waals surface area contributed by atoms with Crippen molar-refractivity contribution in [3.05, 3.63) is 49.1 Å². The zero-order valence-electron chi connectivity index (χ0n) is 16.4. The molecule has 1 aliphatic carbocycles. The minimum absolute atomic E-state index is 0.0149. The molecule has 0 unspecified atom stereocenters. The van der Waals surface area contributed by atoms with Gasteiger partial charge in [-0.3, -0.25) is 0 Å². The number of fused-ring (bicyclic) bond motifs is 2. The van der Waals surface area contributed by atoms with Crippen LogP contribution in [0.15, 0.2) is 49.1 Å². The van der Waals surface area contributed by atoms with Crippen LogP contribution in [0.4, 0.5) is 14.7 Å². The van der Waals surface area contributed by atoms with E-state index in [2.05, 4.69) is 31.4 Å². The van der Waals surface area contributed by atoms with Crippen LogP contribution in [0.5, 0.6) is 0 Å². The summed E-state index contributed by atoms with van der Waals surface area (Å²) in [7, 11) is 0. The van der Waals surface area contributed by atoms with E-state index < -0.39 is 6.43 Å². The van der Waals surface area contributed by atoms with Crippen LogP contribution < -0.4 is 5.32 Å². The molecule has 154 valence electrons. The number of nitrogens with zero attached hydrogens (tertiary/aromatic N) is 5. The molecule has 0 saturated heterocycles. The van der Waals surface area contributed by atoms with Gasteiger partial charge in [-0.15, -0.1) is 5.10 Å². The second-order valence-electron chi connectivity index (χ2n) is 7.90. The maximum atomic E-state index is 12.6. The monoisotopic (exact) mass is 408 g/mol. The van der Waals surface area contributed by atoms with Crippen LogP contribution in [0, 0.1) is 5.92 Å². The largest absolute Gasteiger partial charge is 0.350 e. The normalized spacial score (nSPS) is 19.6. The number of anilines is 1. The lowest BCUT2D eigenvalue weighted by Crippen LogP contribution is -2.28. The van der Waals surface area contributed by atoms with Crippen LogP contribution in [0.3, 0.4) is 0 Å². The van der Waals surface area contributed by atoms with E-state index in [0.717, 1.165) is 53.4 Å². The molecule has 0 atom stereocenters. The molecule has 1 aliphatic rings. The molecule has 1 fully saturated rings. The average Bonchev–Trinajstić information content (AvgIpc) is 3.18. The van der Waals surface area contributed by atoms with E-state index in [-0.39, 0.29) is 18.4 Å². The van der Waals surface area contributed by atoms with Crippen LogP contribution in [0.2, 0.25) is 0 Å². The molecular formula is C22H22F2N6. The van der Waals surface area contributed by atoms with Crippen molar-refractivity contribution >= 4 is 22.5 Å². The Balaban J connectivity index is 1.33. The van der Waals surface area contributed by atoms with Crippen LogP contribution >= 0.6 is 0 Å². The fourth-order valence-electron chi connectivity index (χ4n) is 4.30. The van der Waals surface area contributed by atoms with Crippen LogP contribution in [0.1, 0.15) is 32.1 Å². The average molecular weight is 408 g/mol. The Bertz CT molecular complexity index is 1170. The molecule has 1 saturated carbocycles. The van der Waals surface area contributed by atoms with E-state index in [1.54, 1.807) is 16.9 Å². The van der Waals surface area contributed by atoms with Gasteiger partial charge in [-0.2, -0.15) is 0 Å². The Hall–Kier alpha value is -3.16. The Labute approximate surface area is 172 Å². The van der Waals surface area contributed by atoms with E-state index in [9.17, 15) is 8.78 Å². The smallest absolute Gasteiger partial charge is 0.241 e. The minimum Gasteiger partial charge on any atom is -0.350 e. The van der Waals surface area contributed by atoms with Crippen LogP contribution in [-0.4, -0.2) is 37.0 Å². The van der Waals surface area contributed by atoms with Crippen molar-refractivity contribution in [2.24, 2.45) is 5.92 Å². The topological polar surface area (TPSA) is 68.0 Å². The van der Waals surface area contributed by atoms with Gasteiger partial charge in [0.05, 0.1) is 11.7 Å². The Morgan fingerprint density at radius 3 is 2.77 bits per heavy atom. The molecule has 0 aliphatic heterocycles. The molecule has 0 aromatic carbocycles. The summed E-state index contributed by atoms with van der Waals surface area (Å²) in [4.78, 5) is 13.2. The van der Waals surface area contributed by atoms with Gasteiger partial charge in [-0.05, 0) is 55.9 Å². The molecule has 4 aromatic rings. The molecule has 0 amide bonds. The second-order valence-corrected chi connectivity index (χ2v) is 7.90. The highest BCUT2D eigenvalue weighted by Gasteiger charge is 2.24. The summed E-state index contributed by atoms with van der Waals surface area (Å²) in [5.74, 6) is 0.687. The zero-order chi connectivity index (χ0) is 20.5. The van der Waals surface area contributed by atoms with Gasteiger partial charge >= 0.3 is 0 Å². The summed E-state index contributed by atoms with van der Waals surface area (Å²) in [6.07, 6.45) is 8.45. The van der Waals surface area contributed by atoms with Crippen molar-refractivity contribution < 1.29 is 8.78 Å². The van der Waals surface area contributed by atoms with Crippen molar-refractivity contribution in [2.75, 3.05) is 5.32 Å². The summed E-state index contributed by atoms with van der Waals surface area (Å²) in [6, 6.07) is 8.18. The van der Waals surface area contributed by atoms with Crippen LogP contribution in [-0.2, 0) is 0 Å². The molecule has 4 heterocycles. The fourth-order valence-corrected chi connectivity index (χ4v) is 4.30. The first kappa shape index (κ1) is 18.8. The molecule has 4 aromatic heterocycles. The number of aromatic nitrogens is 5. The summed E-state index contributed by atoms with van der Waals surface area (Å²) < 4.78 is 26.9. The third-order valence-electron chi connectivity index (χ3n) is 5.87. The lowest BCUT2D eigenvalue weighted by Gasteiger charge is -2.28. The predicted molar refractivity (Wildman–Crippen MR) is 112 cm³/mol. The Morgan fingerprint density at radius 1 is 1.07 bits per heavy atom. The lowest BCUT2D eigenvalue weighted by molar-refractivity contribution is 0.103. The van der Waals surface area contributed by atoms with Gasteiger partial charge in [-0.1, -0.05) is 0 Å². The quantitative estimate of drug-likeness (QED) is 0.505. The number of hydrogen-bond acceptors (Lipinski definition) is 5. The summed E-state index contributed by atoms with van der Waals surface area (Å²) in [5.41, 5.74) is 3.61. The SMILES string of the molecule is FC(F)CC1CCC(Nc2ncc3c(-c4cnc5ncccc5c4)ccn3n2)CC1. The first-order valence-electron chi connectivity index (χ1n) is 10.3. The van der Waals surface area contributed by atoms with Gasteiger partial charge in [0.15, 0.2) is 5.65 Å². The van der Waals surface area contributed by atoms with E-state index in [4.69, 9.17) is 0 Å². The van der Waals surface area contributed by atoms with Crippen molar-refractivity contribution in [3.63, 3.8) is 0 Å². The summed E-state index contributed by atoms with van der Waals surface area (Å²) in [5, 5.41) is 8.94. The Morgan fingerprint density at radius 2 is 1.93 bits per heavy atom. The summed E-state index contributed by atoms with van der Waals surface area (Å²) >= 11 is 0. The number of alkyl halides is 2. The van der Waals surface area contributed by atoms with Crippen molar-refractivity contribution in [1.29, 1.82) is 0 Å². The van der Waals surface area contributed by atoms with Crippen molar-refractivity contribution in [1.82, 2.24) is 24.6 Å². The predicted octanol–water partition coefficient (Wildman–Crippen LogP) is 4.97. The molecule has 1 N–H and O–H groups in total. The number of rotatable bonds is 5. The number of hydrogen-bond donors (Lipinski definition) is 1. The van der Waals surface area contributed by atoms with Gasteiger partial charge in [0, 0.05) is 47.6 Å². The minimum atomic E-state index is -2.21. The van der Waals surface area contributed by atoms with E-state index >= 15 is 0 Å². The maximum absolute atomic E-state index is 12.6. The first-order valence-corrected chi connectivity index (χ1v) is 10.3. The highest BCUT2D eigenvalue weighted by Crippen LogP contribution is 2.30. The highest BCUT2D eigenvalue weighted by molar-refractivity contribution is 5.86. The molecular weight excluding hydrogens is 386 g/mol. The van der Waals surface area contributed by atoms with Gasteiger partial charge in [0.1, 0.15) is 0 Å². The van der Waals surface area contributed by atoms with Gasteiger partial charge in [0.25, 0.3) is 0 Å².